The SMILES string of the molecule is Cc1ccc2nc3c(n2c1)CC(C(=O)Nc1cccc(Cl)c1)CC3. The van der Waals surface area contributed by atoms with Gasteiger partial charge in [-0.3, -0.25) is 4.79 Å². The number of hydrogen-bond donors (Lipinski definition) is 1. The minimum absolute atomic E-state index is 0.0445. The third-order valence-corrected chi connectivity index (χ3v) is 4.82. The van der Waals surface area contributed by atoms with Crippen LogP contribution in [-0.4, -0.2) is 15.3 Å². The van der Waals surface area contributed by atoms with E-state index in [4.69, 9.17) is 16.6 Å². The summed E-state index contributed by atoms with van der Waals surface area (Å²) in [6, 6.07) is 11.4. The number of benzene rings is 1. The largest absolute Gasteiger partial charge is 0.326 e. The maximum absolute atomic E-state index is 12.6. The highest BCUT2D eigenvalue weighted by Gasteiger charge is 2.28. The first kappa shape index (κ1) is 15.2. The van der Waals surface area contributed by atoms with Crippen molar-refractivity contribution in [3.05, 3.63) is 64.6 Å². The molecule has 0 spiro atoms. The number of nitrogens with one attached hydrogen (secondary N) is 1. The average Bonchev–Trinajstić information content (AvgIpc) is 2.92. The summed E-state index contributed by atoms with van der Waals surface area (Å²) in [7, 11) is 0. The van der Waals surface area contributed by atoms with Crippen molar-refractivity contribution in [1.29, 1.82) is 0 Å². The zero-order valence-electron chi connectivity index (χ0n) is 13.4. The van der Waals surface area contributed by atoms with Crippen molar-refractivity contribution in [2.24, 2.45) is 5.92 Å². The number of pyridine rings is 1. The van der Waals surface area contributed by atoms with Crippen LogP contribution in [0.2, 0.25) is 5.02 Å². The number of amides is 1. The quantitative estimate of drug-likeness (QED) is 0.766. The van der Waals surface area contributed by atoms with Gasteiger partial charge in [-0.25, -0.2) is 4.98 Å². The smallest absolute Gasteiger partial charge is 0.227 e. The highest BCUT2D eigenvalue weighted by atomic mass is 35.5. The Morgan fingerprint density at radius 3 is 3.04 bits per heavy atom. The van der Waals surface area contributed by atoms with Crippen molar-refractivity contribution in [3.63, 3.8) is 0 Å². The molecule has 1 unspecified atom stereocenters. The summed E-state index contributed by atoms with van der Waals surface area (Å²) < 4.78 is 2.13. The molecule has 2 aromatic heterocycles. The summed E-state index contributed by atoms with van der Waals surface area (Å²) in [5.74, 6) is 0.00223. The van der Waals surface area contributed by atoms with Crippen molar-refractivity contribution in [1.82, 2.24) is 9.38 Å². The third kappa shape index (κ3) is 2.78. The van der Waals surface area contributed by atoms with Crippen LogP contribution in [0.1, 0.15) is 23.4 Å². The lowest BCUT2D eigenvalue weighted by Gasteiger charge is -2.21. The highest BCUT2D eigenvalue weighted by molar-refractivity contribution is 6.30. The Labute approximate surface area is 145 Å². The van der Waals surface area contributed by atoms with Gasteiger partial charge in [0.05, 0.1) is 5.69 Å². The fourth-order valence-corrected chi connectivity index (χ4v) is 3.54. The summed E-state index contributed by atoms with van der Waals surface area (Å²) >= 11 is 5.98. The Morgan fingerprint density at radius 1 is 1.33 bits per heavy atom. The molecule has 2 heterocycles. The molecule has 4 nitrogen and oxygen atoms in total. The first-order valence-corrected chi connectivity index (χ1v) is 8.51. The van der Waals surface area contributed by atoms with Gasteiger partial charge in [0.1, 0.15) is 5.65 Å². The monoisotopic (exact) mass is 339 g/mol. The number of fused-ring (bicyclic) bond motifs is 3. The highest BCUT2D eigenvalue weighted by Crippen LogP contribution is 2.28. The van der Waals surface area contributed by atoms with E-state index >= 15 is 0 Å². The fraction of sp³-hybridized carbons (Fsp3) is 0.263. The molecule has 24 heavy (non-hydrogen) atoms. The average molecular weight is 340 g/mol. The Hall–Kier alpha value is -2.33. The number of carbonyl (C=O) groups excluding carboxylic acids is 1. The molecule has 4 rings (SSSR count). The van der Waals surface area contributed by atoms with Crippen LogP contribution in [0.25, 0.3) is 5.65 Å². The molecule has 0 saturated heterocycles. The second-order valence-corrected chi connectivity index (χ2v) is 6.82. The Morgan fingerprint density at radius 2 is 2.21 bits per heavy atom. The van der Waals surface area contributed by atoms with Gasteiger partial charge in [-0.1, -0.05) is 23.7 Å². The molecule has 0 aliphatic heterocycles. The molecular weight excluding hydrogens is 322 g/mol. The van der Waals surface area contributed by atoms with E-state index in [2.05, 4.69) is 28.9 Å². The molecule has 5 heteroatoms. The Balaban J connectivity index is 1.58. The van der Waals surface area contributed by atoms with Crippen molar-refractivity contribution in [2.75, 3.05) is 5.32 Å². The zero-order chi connectivity index (χ0) is 16.7. The molecular formula is C19H18ClN3O. The number of aryl methyl sites for hydroxylation is 2. The summed E-state index contributed by atoms with van der Waals surface area (Å²) in [5, 5.41) is 3.60. The topological polar surface area (TPSA) is 46.4 Å². The Kier molecular flexibility index (Phi) is 3.77. The molecule has 1 atom stereocenters. The van der Waals surface area contributed by atoms with Crippen LogP contribution in [0.15, 0.2) is 42.6 Å². The van der Waals surface area contributed by atoms with Gasteiger partial charge in [-0.2, -0.15) is 0 Å². The molecule has 122 valence electrons. The number of nitrogens with zero attached hydrogens (tertiary/aromatic N) is 2. The zero-order valence-corrected chi connectivity index (χ0v) is 14.2. The molecule has 3 aromatic rings. The van der Waals surface area contributed by atoms with Crippen LogP contribution in [0, 0.1) is 12.8 Å². The van der Waals surface area contributed by atoms with E-state index in [9.17, 15) is 4.79 Å². The van der Waals surface area contributed by atoms with E-state index in [1.54, 1.807) is 12.1 Å². The predicted molar refractivity (Wildman–Crippen MR) is 95.5 cm³/mol. The number of hydrogen-bond acceptors (Lipinski definition) is 2. The summed E-state index contributed by atoms with van der Waals surface area (Å²) in [4.78, 5) is 17.3. The van der Waals surface area contributed by atoms with E-state index in [1.165, 1.54) is 5.56 Å². The van der Waals surface area contributed by atoms with Gasteiger partial charge in [0.25, 0.3) is 0 Å². The van der Waals surface area contributed by atoms with Crippen LogP contribution < -0.4 is 5.32 Å². The number of halogens is 1. The van der Waals surface area contributed by atoms with Gasteiger partial charge in [0.2, 0.25) is 5.91 Å². The van der Waals surface area contributed by atoms with E-state index in [1.807, 2.05) is 18.2 Å². The van der Waals surface area contributed by atoms with Crippen LogP contribution >= 0.6 is 11.6 Å². The molecule has 0 radical (unpaired) electrons. The molecule has 0 bridgehead atoms. The lowest BCUT2D eigenvalue weighted by Crippen LogP contribution is -2.28. The molecule has 1 amide bonds. The van der Waals surface area contributed by atoms with Gasteiger partial charge in [-0.15, -0.1) is 0 Å². The first-order valence-electron chi connectivity index (χ1n) is 8.13. The second-order valence-electron chi connectivity index (χ2n) is 6.38. The van der Waals surface area contributed by atoms with Gasteiger partial charge in [0, 0.05) is 34.9 Å². The molecule has 1 aliphatic rings. The van der Waals surface area contributed by atoms with Crippen molar-refractivity contribution >= 4 is 28.8 Å². The second kappa shape index (κ2) is 5.95. The molecule has 1 aliphatic carbocycles. The van der Waals surface area contributed by atoms with Crippen LogP contribution in [0.5, 0.6) is 0 Å². The van der Waals surface area contributed by atoms with Gasteiger partial charge >= 0.3 is 0 Å². The fourth-order valence-electron chi connectivity index (χ4n) is 3.35. The standard InChI is InChI=1S/C19H18ClN3O/c1-12-5-8-18-22-16-7-6-13(9-17(16)23(18)11-12)19(24)21-15-4-2-3-14(20)10-15/h2-5,8,10-11,13H,6-7,9H2,1H3,(H,21,24). The van der Waals surface area contributed by atoms with Gasteiger partial charge in [-0.05, 0) is 49.6 Å². The summed E-state index contributed by atoms with van der Waals surface area (Å²) in [6.45, 7) is 2.07. The number of carbonyl (C=O) groups is 1. The van der Waals surface area contributed by atoms with E-state index in [0.29, 0.717) is 11.4 Å². The number of imidazole rings is 1. The first-order chi connectivity index (χ1) is 11.6. The molecule has 0 saturated carbocycles. The number of rotatable bonds is 2. The van der Waals surface area contributed by atoms with E-state index in [-0.39, 0.29) is 11.8 Å². The summed E-state index contributed by atoms with van der Waals surface area (Å²) in [6.07, 6.45) is 4.47. The van der Waals surface area contributed by atoms with Gasteiger partial charge < -0.3 is 9.72 Å². The normalized spacial score (nSPS) is 16.8. The predicted octanol–water partition coefficient (Wildman–Crippen LogP) is 4.04. The molecule has 0 fully saturated rings. The lowest BCUT2D eigenvalue weighted by atomic mass is 9.89. The summed E-state index contributed by atoms with van der Waals surface area (Å²) in [5.41, 5.74) is 5.17. The molecule has 1 N–H and O–H groups in total. The van der Waals surface area contributed by atoms with E-state index in [0.717, 1.165) is 35.6 Å². The minimum Gasteiger partial charge on any atom is -0.326 e. The lowest BCUT2D eigenvalue weighted by molar-refractivity contribution is -0.120. The van der Waals surface area contributed by atoms with Gasteiger partial charge in [0.15, 0.2) is 0 Å². The van der Waals surface area contributed by atoms with Crippen LogP contribution in [-0.2, 0) is 17.6 Å². The van der Waals surface area contributed by atoms with Crippen LogP contribution in [0.3, 0.4) is 0 Å². The van der Waals surface area contributed by atoms with Crippen LogP contribution in [0.4, 0.5) is 5.69 Å². The number of aromatic nitrogens is 2. The van der Waals surface area contributed by atoms with E-state index < -0.39 is 0 Å². The maximum atomic E-state index is 12.6. The Bertz CT molecular complexity index is 932. The van der Waals surface area contributed by atoms with Crippen molar-refractivity contribution in [2.45, 2.75) is 26.2 Å². The minimum atomic E-state index is -0.0445. The van der Waals surface area contributed by atoms with Crippen molar-refractivity contribution < 1.29 is 4.79 Å². The third-order valence-electron chi connectivity index (χ3n) is 4.58. The molecule has 1 aromatic carbocycles. The number of anilines is 1. The van der Waals surface area contributed by atoms with Crippen molar-refractivity contribution in [3.8, 4) is 0 Å². The maximum Gasteiger partial charge on any atom is 0.227 e.